The number of rotatable bonds is 3. The van der Waals surface area contributed by atoms with Crippen LogP contribution in [0.1, 0.15) is 24.0 Å². The lowest BCUT2D eigenvalue weighted by Gasteiger charge is -2.08. The fourth-order valence-corrected chi connectivity index (χ4v) is 1.82. The lowest BCUT2D eigenvalue weighted by atomic mass is 9.97. The Balaban J connectivity index is 2.48. The minimum Gasteiger partial charge on any atom is -0.481 e. The van der Waals surface area contributed by atoms with Crippen LogP contribution in [0, 0.1) is 0 Å². The molecule has 0 bridgehead atoms. The summed E-state index contributed by atoms with van der Waals surface area (Å²) in [5.74, 6) is -1.33. The zero-order chi connectivity index (χ0) is 12.4. The van der Waals surface area contributed by atoms with E-state index in [0.29, 0.717) is 0 Å². The highest BCUT2D eigenvalue weighted by Gasteiger charge is 2.13. The van der Waals surface area contributed by atoms with Gasteiger partial charge in [0.2, 0.25) is 0 Å². The number of aliphatic hydroxyl groups is 1. The number of fused-ring (bicyclic) bond motifs is 1. The van der Waals surface area contributed by atoms with Gasteiger partial charge in [0, 0.05) is 0 Å². The largest absolute Gasteiger partial charge is 0.481 e. The highest BCUT2D eigenvalue weighted by atomic mass is 16.4. The van der Waals surface area contributed by atoms with E-state index in [1.165, 1.54) is 0 Å². The second kappa shape index (κ2) is 4.55. The maximum atomic E-state index is 10.9. The van der Waals surface area contributed by atoms with Gasteiger partial charge >= 0.3 is 5.97 Å². The van der Waals surface area contributed by atoms with Gasteiger partial charge in [-0.25, -0.2) is 0 Å². The molecule has 3 heteroatoms. The highest BCUT2D eigenvalue weighted by molar-refractivity contribution is 5.85. The quantitative estimate of drug-likeness (QED) is 0.851. The van der Waals surface area contributed by atoms with Crippen molar-refractivity contribution in [1.82, 2.24) is 0 Å². The zero-order valence-corrected chi connectivity index (χ0v) is 9.55. The molecule has 0 aliphatic heterocycles. The van der Waals surface area contributed by atoms with Gasteiger partial charge in [-0.15, -0.1) is 0 Å². The molecule has 88 valence electrons. The molecule has 2 aromatic rings. The monoisotopic (exact) mass is 230 g/mol. The minimum atomic E-state index is -0.823. The van der Waals surface area contributed by atoms with E-state index in [1.807, 2.05) is 36.4 Å². The van der Waals surface area contributed by atoms with E-state index in [9.17, 15) is 4.79 Å². The molecule has 0 aromatic heterocycles. The molecule has 0 saturated carbocycles. The van der Waals surface area contributed by atoms with E-state index in [-0.39, 0.29) is 6.61 Å². The molecule has 0 unspecified atom stereocenters. The average molecular weight is 230 g/mol. The van der Waals surface area contributed by atoms with Crippen molar-refractivity contribution in [2.24, 2.45) is 0 Å². The van der Waals surface area contributed by atoms with E-state index >= 15 is 0 Å². The molecule has 0 saturated heterocycles. The first-order chi connectivity index (χ1) is 8.11. The Hall–Kier alpha value is -1.87. The summed E-state index contributed by atoms with van der Waals surface area (Å²) in [6, 6.07) is 11.3. The van der Waals surface area contributed by atoms with Crippen LogP contribution in [-0.2, 0) is 11.4 Å². The van der Waals surface area contributed by atoms with Crippen molar-refractivity contribution < 1.29 is 15.0 Å². The van der Waals surface area contributed by atoms with Crippen molar-refractivity contribution in [2.45, 2.75) is 19.4 Å². The molecule has 3 nitrogen and oxygen atoms in total. The normalized spacial score (nSPS) is 12.6. The van der Waals surface area contributed by atoms with Gasteiger partial charge in [0.15, 0.2) is 0 Å². The Labute approximate surface area is 99.3 Å². The van der Waals surface area contributed by atoms with E-state index < -0.39 is 11.9 Å². The summed E-state index contributed by atoms with van der Waals surface area (Å²) in [5, 5.41) is 20.0. The van der Waals surface area contributed by atoms with Crippen LogP contribution in [0.3, 0.4) is 0 Å². The molecule has 0 aliphatic carbocycles. The van der Waals surface area contributed by atoms with Gasteiger partial charge in [0.05, 0.1) is 12.5 Å². The number of hydrogen-bond acceptors (Lipinski definition) is 2. The van der Waals surface area contributed by atoms with Crippen molar-refractivity contribution in [3.63, 3.8) is 0 Å². The van der Waals surface area contributed by atoms with Crippen molar-refractivity contribution in [3.05, 3.63) is 47.5 Å². The van der Waals surface area contributed by atoms with Gasteiger partial charge in [0.1, 0.15) is 0 Å². The van der Waals surface area contributed by atoms with Crippen molar-refractivity contribution in [3.8, 4) is 0 Å². The predicted molar refractivity (Wildman–Crippen MR) is 65.9 cm³/mol. The number of carboxylic acid groups (broad SMARTS) is 1. The predicted octanol–water partition coefficient (Wildman–Crippen LogP) is 2.52. The number of aliphatic hydroxyl groups excluding tert-OH is 1. The van der Waals surface area contributed by atoms with Crippen LogP contribution >= 0.6 is 0 Å². The summed E-state index contributed by atoms with van der Waals surface area (Å²) in [4.78, 5) is 10.9. The van der Waals surface area contributed by atoms with E-state index in [4.69, 9.17) is 10.2 Å². The molecule has 0 radical (unpaired) electrons. The summed E-state index contributed by atoms with van der Waals surface area (Å²) < 4.78 is 0. The summed E-state index contributed by atoms with van der Waals surface area (Å²) >= 11 is 0. The van der Waals surface area contributed by atoms with Gasteiger partial charge in [-0.2, -0.15) is 0 Å². The number of benzene rings is 2. The molecule has 0 fully saturated rings. The van der Waals surface area contributed by atoms with Crippen LogP contribution in [0.2, 0.25) is 0 Å². The van der Waals surface area contributed by atoms with E-state index in [2.05, 4.69) is 0 Å². The minimum absolute atomic E-state index is 0.0171. The van der Waals surface area contributed by atoms with Crippen molar-refractivity contribution >= 4 is 16.7 Å². The third-order valence-corrected chi connectivity index (χ3v) is 2.98. The average Bonchev–Trinajstić information content (AvgIpc) is 2.36. The van der Waals surface area contributed by atoms with Crippen molar-refractivity contribution in [2.75, 3.05) is 0 Å². The molecule has 17 heavy (non-hydrogen) atoms. The number of aliphatic carboxylic acids is 1. The molecule has 2 rings (SSSR count). The first kappa shape index (κ1) is 11.6. The fraction of sp³-hybridized carbons (Fsp3) is 0.214. The molecule has 0 aliphatic rings. The Morgan fingerprint density at radius 3 is 2.47 bits per heavy atom. The van der Waals surface area contributed by atoms with Gasteiger partial charge in [-0.3, -0.25) is 4.79 Å². The highest BCUT2D eigenvalue weighted by Crippen LogP contribution is 2.22. The summed E-state index contributed by atoms with van der Waals surface area (Å²) in [7, 11) is 0. The fourth-order valence-electron chi connectivity index (χ4n) is 1.82. The molecule has 0 amide bonds. The first-order valence-electron chi connectivity index (χ1n) is 5.48. The second-order valence-electron chi connectivity index (χ2n) is 4.16. The molecule has 2 N–H and O–H groups in total. The van der Waals surface area contributed by atoms with Gasteiger partial charge < -0.3 is 10.2 Å². The number of hydrogen-bond donors (Lipinski definition) is 2. The van der Waals surface area contributed by atoms with Crippen LogP contribution in [0.4, 0.5) is 0 Å². The Morgan fingerprint density at radius 1 is 1.18 bits per heavy atom. The molecule has 2 aromatic carbocycles. The Kier molecular flexibility index (Phi) is 3.11. The maximum Gasteiger partial charge on any atom is 0.310 e. The number of carboxylic acids is 1. The zero-order valence-electron chi connectivity index (χ0n) is 9.55. The Bertz CT molecular complexity index is 560. The lowest BCUT2D eigenvalue weighted by Crippen LogP contribution is -2.07. The van der Waals surface area contributed by atoms with Crippen LogP contribution in [0.15, 0.2) is 36.4 Å². The van der Waals surface area contributed by atoms with Gasteiger partial charge in [-0.05, 0) is 34.9 Å². The summed E-state index contributed by atoms with van der Waals surface area (Å²) in [5.41, 5.74) is 1.65. The van der Waals surface area contributed by atoms with Crippen LogP contribution in [0.5, 0.6) is 0 Å². The van der Waals surface area contributed by atoms with Crippen molar-refractivity contribution in [1.29, 1.82) is 0 Å². The third-order valence-electron chi connectivity index (χ3n) is 2.98. The van der Waals surface area contributed by atoms with Gasteiger partial charge in [-0.1, -0.05) is 30.3 Å². The molecule has 0 heterocycles. The van der Waals surface area contributed by atoms with Crippen LogP contribution in [0.25, 0.3) is 10.8 Å². The van der Waals surface area contributed by atoms with E-state index in [1.54, 1.807) is 6.92 Å². The summed E-state index contributed by atoms with van der Waals surface area (Å²) in [6.45, 7) is 1.69. The first-order valence-corrected chi connectivity index (χ1v) is 5.48. The molecular formula is C14H14O3. The van der Waals surface area contributed by atoms with Gasteiger partial charge in [0.25, 0.3) is 0 Å². The van der Waals surface area contributed by atoms with Crippen LogP contribution in [-0.4, -0.2) is 16.2 Å². The maximum absolute atomic E-state index is 10.9. The lowest BCUT2D eigenvalue weighted by molar-refractivity contribution is -0.138. The SMILES string of the molecule is C[C@H](C(=O)O)c1ccc2cc(CO)ccc2c1. The standard InChI is InChI=1S/C14H14O3/c1-9(14(16)17)11-4-5-12-6-10(8-15)2-3-13(12)7-11/h2-7,9,15H,8H2,1H3,(H,16,17)/t9-/m0/s1. The third kappa shape index (κ3) is 2.29. The van der Waals surface area contributed by atoms with Crippen LogP contribution < -0.4 is 0 Å². The second-order valence-corrected chi connectivity index (χ2v) is 4.16. The topological polar surface area (TPSA) is 57.5 Å². The molecule has 0 spiro atoms. The summed E-state index contributed by atoms with van der Waals surface area (Å²) in [6.07, 6.45) is 0. The molecular weight excluding hydrogens is 216 g/mol. The van der Waals surface area contributed by atoms with E-state index in [0.717, 1.165) is 21.9 Å². The molecule has 1 atom stereocenters. The Morgan fingerprint density at radius 2 is 1.82 bits per heavy atom. The smallest absolute Gasteiger partial charge is 0.310 e. The number of carbonyl (C=O) groups is 1.